The lowest BCUT2D eigenvalue weighted by Gasteiger charge is -2.44. The maximum absolute atomic E-state index is 13.0. The van der Waals surface area contributed by atoms with Crippen molar-refractivity contribution < 1.29 is 9.59 Å². The molecular formula is C15H16BrClN2O2. The molecule has 3 rings (SSSR count). The largest absolute Gasteiger partial charge is 0.340 e. The Morgan fingerprint density at radius 3 is 2.62 bits per heavy atom. The van der Waals surface area contributed by atoms with E-state index in [0.717, 1.165) is 23.7 Å². The van der Waals surface area contributed by atoms with Crippen LogP contribution in [-0.4, -0.2) is 23.9 Å². The van der Waals surface area contributed by atoms with Gasteiger partial charge < -0.3 is 5.32 Å². The van der Waals surface area contributed by atoms with E-state index in [1.165, 1.54) is 0 Å². The number of hydrogen-bond acceptors (Lipinski definition) is 2. The number of hydrogen-bond donors (Lipinski definition) is 1. The van der Waals surface area contributed by atoms with Crippen molar-refractivity contribution in [2.45, 2.75) is 37.6 Å². The lowest BCUT2D eigenvalue weighted by atomic mass is 9.79. The molecule has 0 atom stereocenters. The van der Waals surface area contributed by atoms with Gasteiger partial charge in [-0.15, -0.1) is 0 Å². The molecule has 0 bridgehead atoms. The van der Waals surface area contributed by atoms with Crippen molar-refractivity contribution in [3.05, 3.63) is 27.7 Å². The van der Waals surface area contributed by atoms with Crippen LogP contribution in [0, 0.1) is 0 Å². The quantitative estimate of drug-likeness (QED) is 0.823. The third kappa shape index (κ3) is 2.69. The molecule has 2 amide bonds. The molecule has 1 saturated carbocycles. The van der Waals surface area contributed by atoms with Gasteiger partial charge in [0.05, 0.1) is 5.69 Å². The van der Waals surface area contributed by atoms with Crippen LogP contribution >= 0.6 is 27.5 Å². The smallest absolute Gasteiger partial charge is 0.253 e. The number of amides is 2. The molecule has 0 aromatic heterocycles. The van der Waals surface area contributed by atoms with Crippen molar-refractivity contribution >= 4 is 45.0 Å². The Morgan fingerprint density at radius 2 is 1.90 bits per heavy atom. The van der Waals surface area contributed by atoms with Gasteiger partial charge in [0.1, 0.15) is 12.1 Å². The Bertz CT molecular complexity index is 599. The highest BCUT2D eigenvalue weighted by molar-refractivity contribution is 9.10. The molecule has 21 heavy (non-hydrogen) atoms. The zero-order valence-corrected chi connectivity index (χ0v) is 13.8. The first kappa shape index (κ1) is 14.9. The average molecular weight is 372 g/mol. The molecule has 112 valence electrons. The molecule has 2 fully saturated rings. The zero-order chi connectivity index (χ0) is 15.0. The van der Waals surface area contributed by atoms with Crippen LogP contribution in [0.5, 0.6) is 0 Å². The van der Waals surface area contributed by atoms with Crippen LogP contribution < -0.4 is 10.2 Å². The number of nitrogens with one attached hydrogen (secondary N) is 1. The van der Waals surface area contributed by atoms with E-state index in [2.05, 4.69) is 21.2 Å². The number of carbonyl (C=O) groups is 2. The molecule has 1 aliphatic carbocycles. The predicted molar refractivity (Wildman–Crippen MR) is 85.5 cm³/mol. The molecule has 1 N–H and O–H groups in total. The van der Waals surface area contributed by atoms with Gasteiger partial charge in [-0.3, -0.25) is 14.5 Å². The Morgan fingerprint density at radius 1 is 1.19 bits per heavy atom. The van der Waals surface area contributed by atoms with E-state index >= 15 is 0 Å². The van der Waals surface area contributed by atoms with Crippen molar-refractivity contribution in [1.82, 2.24) is 5.32 Å². The molecule has 0 radical (unpaired) electrons. The van der Waals surface area contributed by atoms with Crippen molar-refractivity contribution in [2.24, 2.45) is 0 Å². The molecule has 6 heteroatoms. The minimum Gasteiger partial charge on any atom is -0.340 e. The standard InChI is InChI=1S/C15H16BrClN2O2/c16-11-5-4-10(17)8-12(11)19-9-13(20)18-15(14(19)21)6-2-1-3-7-15/h4-5,8H,1-3,6-7,9H2,(H,18,20). The van der Waals surface area contributed by atoms with Gasteiger partial charge in [0.15, 0.2) is 0 Å². The molecule has 1 heterocycles. The van der Waals surface area contributed by atoms with Gasteiger partial charge in [-0.25, -0.2) is 0 Å². The summed E-state index contributed by atoms with van der Waals surface area (Å²) in [6, 6.07) is 5.27. The summed E-state index contributed by atoms with van der Waals surface area (Å²) in [7, 11) is 0. The van der Waals surface area contributed by atoms with E-state index in [4.69, 9.17) is 11.6 Å². The Kier molecular flexibility index (Phi) is 3.97. The van der Waals surface area contributed by atoms with E-state index in [0.29, 0.717) is 23.6 Å². The van der Waals surface area contributed by atoms with E-state index in [1.807, 2.05) is 0 Å². The minimum atomic E-state index is -0.727. The number of benzene rings is 1. The van der Waals surface area contributed by atoms with Crippen LogP contribution in [0.15, 0.2) is 22.7 Å². The first-order valence-electron chi connectivity index (χ1n) is 7.10. The number of carbonyl (C=O) groups excluding carboxylic acids is 2. The summed E-state index contributed by atoms with van der Waals surface area (Å²) in [5.41, 5.74) is -0.0673. The highest BCUT2D eigenvalue weighted by Crippen LogP contribution is 2.36. The van der Waals surface area contributed by atoms with Crippen LogP contribution in [0.3, 0.4) is 0 Å². The van der Waals surface area contributed by atoms with Crippen molar-refractivity contribution in [1.29, 1.82) is 0 Å². The summed E-state index contributed by atoms with van der Waals surface area (Å²) in [6.45, 7) is 0.0412. The Hall–Kier alpha value is -1.07. The van der Waals surface area contributed by atoms with Crippen LogP contribution in [0.1, 0.15) is 32.1 Å². The molecule has 1 aromatic rings. The summed E-state index contributed by atoms with van der Waals surface area (Å²) in [6.07, 6.45) is 4.48. The molecule has 1 saturated heterocycles. The summed E-state index contributed by atoms with van der Waals surface area (Å²) in [5, 5.41) is 3.48. The average Bonchev–Trinajstić information content (AvgIpc) is 2.47. The Labute approximate surface area is 137 Å². The number of nitrogens with zero attached hydrogens (tertiary/aromatic N) is 1. The maximum Gasteiger partial charge on any atom is 0.253 e. The lowest BCUT2D eigenvalue weighted by Crippen LogP contribution is -2.67. The summed E-state index contributed by atoms with van der Waals surface area (Å²) in [4.78, 5) is 26.6. The highest BCUT2D eigenvalue weighted by atomic mass is 79.9. The van der Waals surface area contributed by atoms with E-state index in [-0.39, 0.29) is 18.4 Å². The maximum atomic E-state index is 13.0. The minimum absolute atomic E-state index is 0.0234. The molecular weight excluding hydrogens is 356 g/mol. The van der Waals surface area contributed by atoms with Gasteiger partial charge >= 0.3 is 0 Å². The van der Waals surface area contributed by atoms with Crippen molar-refractivity contribution in [2.75, 3.05) is 11.4 Å². The van der Waals surface area contributed by atoms with Crippen LogP contribution in [0.2, 0.25) is 5.02 Å². The fraction of sp³-hybridized carbons (Fsp3) is 0.467. The second kappa shape index (κ2) is 5.61. The summed E-state index contributed by atoms with van der Waals surface area (Å²) >= 11 is 9.48. The van der Waals surface area contributed by atoms with Crippen LogP contribution in [0.25, 0.3) is 0 Å². The molecule has 0 unspecified atom stereocenters. The lowest BCUT2D eigenvalue weighted by molar-refractivity contribution is -0.137. The van der Waals surface area contributed by atoms with Gasteiger partial charge in [0.2, 0.25) is 5.91 Å². The van der Waals surface area contributed by atoms with Gasteiger partial charge in [-0.2, -0.15) is 0 Å². The molecule has 1 spiro atoms. The van der Waals surface area contributed by atoms with E-state index in [9.17, 15) is 9.59 Å². The monoisotopic (exact) mass is 370 g/mol. The SMILES string of the molecule is O=C1CN(c2cc(Cl)ccc2Br)C(=O)C2(CCCCC2)N1. The van der Waals surface area contributed by atoms with Gasteiger partial charge in [0, 0.05) is 9.50 Å². The third-order valence-electron chi connectivity index (χ3n) is 4.24. The molecule has 2 aliphatic rings. The first-order valence-corrected chi connectivity index (χ1v) is 8.27. The Balaban J connectivity index is 1.99. The summed E-state index contributed by atoms with van der Waals surface area (Å²) < 4.78 is 0.765. The second-order valence-electron chi connectivity index (χ2n) is 5.68. The number of anilines is 1. The van der Waals surface area contributed by atoms with E-state index < -0.39 is 5.54 Å². The number of halogens is 2. The van der Waals surface area contributed by atoms with E-state index in [1.54, 1.807) is 23.1 Å². The fourth-order valence-electron chi connectivity index (χ4n) is 3.22. The zero-order valence-electron chi connectivity index (χ0n) is 11.5. The van der Waals surface area contributed by atoms with Gasteiger partial charge in [0.25, 0.3) is 5.91 Å². The second-order valence-corrected chi connectivity index (χ2v) is 6.97. The normalized spacial score (nSPS) is 21.5. The fourth-order valence-corrected chi connectivity index (χ4v) is 3.84. The number of piperazine rings is 1. The topological polar surface area (TPSA) is 49.4 Å². The van der Waals surface area contributed by atoms with Crippen LogP contribution in [0.4, 0.5) is 5.69 Å². The summed E-state index contributed by atoms with van der Waals surface area (Å²) in [5.74, 6) is -0.131. The highest BCUT2D eigenvalue weighted by Gasteiger charge is 2.47. The van der Waals surface area contributed by atoms with Gasteiger partial charge in [-0.05, 0) is 47.0 Å². The molecule has 4 nitrogen and oxygen atoms in total. The van der Waals surface area contributed by atoms with Gasteiger partial charge in [-0.1, -0.05) is 30.9 Å². The third-order valence-corrected chi connectivity index (χ3v) is 5.15. The van der Waals surface area contributed by atoms with Crippen molar-refractivity contribution in [3.8, 4) is 0 Å². The predicted octanol–water partition coefficient (Wildman–Crippen LogP) is 3.27. The molecule has 1 aliphatic heterocycles. The first-order chi connectivity index (χ1) is 10.0. The van der Waals surface area contributed by atoms with Crippen LogP contribution in [-0.2, 0) is 9.59 Å². The molecule has 1 aromatic carbocycles. The number of rotatable bonds is 1. The van der Waals surface area contributed by atoms with Crippen molar-refractivity contribution in [3.63, 3.8) is 0 Å².